The number of nitrogens with one attached hydrogen (secondary N) is 1. The van der Waals surface area contributed by atoms with Crippen molar-refractivity contribution in [2.24, 2.45) is 0 Å². The summed E-state index contributed by atoms with van der Waals surface area (Å²) in [6.45, 7) is 7.14. The molecule has 0 saturated carbocycles. The second-order valence-electron chi connectivity index (χ2n) is 5.23. The summed E-state index contributed by atoms with van der Waals surface area (Å²) in [7, 11) is 0. The summed E-state index contributed by atoms with van der Waals surface area (Å²) in [5, 5.41) is 5.13. The second kappa shape index (κ2) is 4.63. The molecule has 0 aliphatic carbocycles. The highest BCUT2D eigenvalue weighted by atomic mass is 35.5. The van der Waals surface area contributed by atoms with Crippen molar-refractivity contribution in [1.29, 1.82) is 0 Å². The van der Waals surface area contributed by atoms with Gasteiger partial charge >= 0.3 is 0 Å². The highest BCUT2D eigenvalue weighted by molar-refractivity contribution is 6.30. The average molecular weight is 249 g/mol. The van der Waals surface area contributed by atoms with Crippen LogP contribution in [0.15, 0.2) is 30.3 Å². The molecular formula is C14H17ClN2. The van der Waals surface area contributed by atoms with Gasteiger partial charge in [-0.3, -0.25) is 0 Å². The Hall–Kier alpha value is -1.12. The van der Waals surface area contributed by atoms with Crippen LogP contribution in [0.1, 0.15) is 26.3 Å². The highest BCUT2D eigenvalue weighted by Gasteiger charge is 2.11. The van der Waals surface area contributed by atoms with Gasteiger partial charge in [0.15, 0.2) is 0 Å². The van der Waals surface area contributed by atoms with Crippen LogP contribution in [0.25, 0.3) is 10.9 Å². The van der Waals surface area contributed by atoms with Crippen molar-refractivity contribution in [2.75, 3.05) is 0 Å². The Balaban J connectivity index is 2.31. The first-order valence-corrected chi connectivity index (χ1v) is 6.13. The van der Waals surface area contributed by atoms with Crippen LogP contribution < -0.4 is 5.32 Å². The molecule has 0 aliphatic rings. The van der Waals surface area contributed by atoms with Crippen molar-refractivity contribution in [3.63, 3.8) is 0 Å². The molecule has 0 aliphatic heterocycles. The third-order valence-electron chi connectivity index (χ3n) is 2.56. The molecule has 0 radical (unpaired) electrons. The van der Waals surface area contributed by atoms with Gasteiger partial charge in [-0.05, 0) is 32.9 Å². The van der Waals surface area contributed by atoms with E-state index in [0.29, 0.717) is 5.15 Å². The van der Waals surface area contributed by atoms with Crippen molar-refractivity contribution in [1.82, 2.24) is 10.3 Å². The Morgan fingerprint density at radius 2 is 1.94 bits per heavy atom. The number of para-hydroxylation sites is 1. The monoisotopic (exact) mass is 248 g/mol. The van der Waals surface area contributed by atoms with Gasteiger partial charge in [-0.25, -0.2) is 4.98 Å². The first-order valence-electron chi connectivity index (χ1n) is 5.75. The van der Waals surface area contributed by atoms with E-state index in [1.165, 1.54) is 0 Å². The molecule has 90 valence electrons. The smallest absolute Gasteiger partial charge is 0.134 e. The standard InChI is InChI=1S/C14H17ClN2/c1-14(2,3)16-9-11-8-10-6-4-5-7-12(10)17-13(11)15/h4-8,16H,9H2,1-3H3. The molecule has 2 nitrogen and oxygen atoms in total. The molecule has 2 rings (SSSR count). The minimum absolute atomic E-state index is 0.0783. The number of hydrogen-bond donors (Lipinski definition) is 1. The summed E-state index contributed by atoms with van der Waals surface area (Å²) in [4.78, 5) is 4.40. The average Bonchev–Trinajstić information content (AvgIpc) is 2.25. The minimum atomic E-state index is 0.0783. The van der Waals surface area contributed by atoms with Crippen molar-refractivity contribution in [3.05, 3.63) is 41.0 Å². The zero-order chi connectivity index (χ0) is 12.5. The van der Waals surface area contributed by atoms with Gasteiger partial charge in [0.05, 0.1) is 5.52 Å². The Morgan fingerprint density at radius 3 is 2.65 bits per heavy atom. The summed E-state index contributed by atoms with van der Waals surface area (Å²) in [5.74, 6) is 0. The van der Waals surface area contributed by atoms with Gasteiger partial charge in [-0.1, -0.05) is 29.8 Å². The van der Waals surface area contributed by atoms with Gasteiger partial charge in [0.1, 0.15) is 5.15 Å². The Bertz CT molecular complexity index is 529. The molecule has 0 bridgehead atoms. The van der Waals surface area contributed by atoms with E-state index in [-0.39, 0.29) is 5.54 Å². The molecule has 0 amide bonds. The van der Waals surface area contributed by atoms with Crippen LogP contribution in [0.3, 0.4) is 0 Å². The predicted molar refractivity (Wildman–Crippen MR) is 73.3 cm³/mol. The van der Waals surface area contributed by atoms with Crippen LogP contribution in [-0.2, 0) is 6.54 Å². The fraction of sp³-hybridized carbons (Fsp3) is 0.357. The lowest BCUT2D eigenvalue weighted by Crippen LogP contribution is -2.35. The predicted octanol–water partition coefficient (Wildman–Crippen LogP) is 3.78. The van der Waals surface area contributed by atoms with Crippen LogP contribution in [0, 0.1) is 0 Å². The second-order valence-corrected chi connectivity index (χ2v) is 5.59. The van der Waals surface area contributed by atoms with Crippen molar-refractivity contribution >= 4 is 22.5 Å². The number of aromatic nitrogens is 1. The number of hydrogen-bond acceptors (Lipinski definition) is 2. The molecule has 2 aromatic rings. The molecular weight excluding hydrogens is 232 g/mol. The van der Waals surface area contributed by atoms with E-state index in [9.17, 15) is 0 Å². The number of fused-ring (bicyclic) bond motifs is 1. The zero-order valence-corrected chi connectivity index (χ0v) is 11.2. The molecule has 0 atom stereocenters. The van der Waals surface area contributed by atoms with Crippen LogP contribution in [0.5, 0.6) is 0 Å². The summed E-state index contributed by atoms with van der Waals surface area (Å²) in [5.41, 5.74) is 2.06. The fourth-order valence-corrected chi connectivity index (χ4v) is 1.83. The summed E-state index contributed by atoms with van der Waals surface area (Å²) < 4.78 is 0. The quantitative estimate of drug-likeness (QED) is 0.819. The van der Waals surface area contributed by atoms with Crippen LogP contribution in [0.2, 0.25) is 5.15 Å². The number of nitrogens with zero attached hydrogens (tertiary/aromatic N) is 1. The number of benzene rings is 1. The summed E-state index contributed by atoms with van der Waals surface area (Å²) in [6.07, 6.45) is 0. The lowest BCUT2D eigenvalue weighted by atomic mass is 10.1. The molecule has 0 saturated heterocycles. The van der Waals surface area contributed by atoms with Gasteiger partial charge < -0.3 is 5.32 Å². The molecule has 1 heterocycles. The van der Waals surface area contributed by atoms with Crippen LogP contribution in [-0.4, -0.2) is 10.5 Å². The van der Waals surface area contributed by atoms with Crippen molar-refractivity contribution in [3.8, 4) is 0 Å². The van der Waals surface area contributed by atoms with Crippen molar-refractivity contribution in [2.45, 2.75) is 32.9 Å². The maximum Gasteiger partial charge on any atom is 0.134 e. The number of pyridine rings is 1. The summed E-state index contributed by atoms with van der Waals surface area (Å²) in [6, 6.07) is 10.1. The van der Waals surface area contributed by atoms with E-state index in [0.717, 1.165) is 23.0 Å². The van der Waals surface area contributed by atoms with Crippen LogP contribution >= 0.6 is 11.6 Å². The topological polar surface area (TPSA) is 24.9 Å². The zero-order valence-electron chi connectivity index (χ0n) is 10.4. The first kappa shape index (κ1) is 12.3. The van der Waals surface area contributed by atoms with E-state index in [2.05, 4.69) is 43.2 Å². The van der Waals surface area contributed by atoms with Gasteiger partial charge in [0.25, 0.3) is 0 Å². The third-order valence-corrected chi connectivity index (χ3v) is 2.89. The molecule has 0 unspecified atom stereocenters. The lowest BCUT2D eigenvalue weighted by Gasteiger charge is -2.20. The molecule has 0 spiro atoms. The third kappa shape index (κ3) is 3.18. The molecule has 17 heavy (non-hydrogen) atoms. The molecule has 1 aromatic heterocycles. The molecule has 0 fully saturated rings. The Kier molecular flexibility index (Phi) is 3.36. The summed E-state index contributed by atoms with van der Waals surface area (Å²) >= 11 is 6.18. The van der Waals surface area contributed by atoms with Gasteiger partial charge in [0.2, 0.25) is 0 Å². The number of rotatable bonds is 2. The van der Waals surface area contributed by atoms with Crippen LogP contribution in [0.4, 0.5) is 0 Å². The SMILES string of the molecule is CC(C)(C)NCc1cc2ccccc2nc1Cl. The maximum absolute atomic E-state index is 6.18. The van der Waals surface area contributed by atoms with Gasteiger partial charge in [-0.15, -0.1) is 0 Å². The van der Waals surface area contributed by atoms with E-state index < -0.39 is 0 Å². The first-order chi connectivity index (χ1) is 7.96. The van der Waals surface area contributed by atoms with E-state index in [1.54, 1.807) is 0 Å². The molecule has 1 N–H and O–H groups in total. The highest BCUT2D eigenvalue weighted by Crippen LogP contribution is 2.20. The lowest BCUT2D eigenvalue weighted by molar-refractivity contribution is 0.424. The van der Waals surface area contributed by atoms with Crippen molar-refractivity contribution < 1.29 is 0 Å². The fourth-order valence-electron chi connectivity index (χ4n) is 1.62. The number of halogens is 1. The Labute approximate surface area is 107 Å². The molecule has 3 heteroatoms. The normalized spacial score (nSPS) is 12.0. The Morgan fingerprint density at radius 1 is 1.24 bits per heavy atom. The van der Waals surface area contributed by atoms with Gasteiger partial charge in [0, 0.05) is 23.0 Å². The largest absolute Gasteiger partial charge is 0.308 e. The van der Waals surface area contributed by atoms with Gasteiger partial charge in [-0.2, -0.15) is 0 Å². The van der Waals surface area contributed by atoms with E-state index in [1.807, 2.05) is 18.2 Å². The molecule has 1 aromatic carbocycles. The maximum atomic E-state index is 6.18. The van der Waals surface area contributed by atoms with E-state index >= 15 is 0 Å². The minimum Gasteiger partial charge on any atom is -0.308 e. The van der Waals surface area contributed by atoms with E-state index in [4.69, 9.17) is 11.6 Å².